The lowest BCUT2D eigenvalue weighted by molar-refractivity contribution is -0.131. The van der Waals surface area contributed by atoms with Crippen molar-refractivity contribution >= 4 is 34.1 Å². The van der Waals surface area contributed by atoms with Crippen LogP contribution in [0.15, 0.2) is 60.8 Å². The van der Waals surface area contributed by atoms with E-state index in [-0.39, 0.29) is 11.8 Å². The Morgan fingerprint density at radius 1 is 1.18 bits per heavy atom. The highest BCUT2D eigenvalue weighted by molar-refractivity contribution is 6.31. The zero-order valence-electron chi connectivity index (χ0n) is 16.4. The molecule has 0 saturated heterocycles. The average molecular weight is 396 g/mol. The lowest BCUT2D eigenvalue weighted by atomic mass is 9.95. The van der Waals surface area contributed by atoms with Gasteiger partial charge in [-0.05, 0) is 42.7 Å². The van der Waals surface area contributed by atoms with Gasteiger partial charge < -0.3 is 10.2 Å². The van der Waals surface area contributed by atoms with E-state index < -0.39 is 0 Å². The maximum atomic E-state index is 12.8. The molecular weight excluding hydrogens is 370 g/mol. The third-order valence-electron chi connectivity index (χ3n) is 4.98. The maximum absolute atomic E-state index is 12.8. The maximum Gasteiger partial charge on any atom is 0.229 e. The van der Waals surface area contributed by atoms with Crippen molar-refractivity contribution in [1.29, 1.82) is 0 Å². The minimum Gasteiger partial charge on any atom is -0.384 e. The Bertz CT molecular complexity index is 930. The number of rotatable bonds is 8. The summed E-state index contributed by atoms with van der Waals surface area (Å²) >= 11 is 6.05. The zero-order valence-corrected chi connectivity index (χ0v) is 17.1. The first-order chi connectivity index (χ1) is 13.6. The van der Waals surface area contributed by atoms with E-state index in [0.29, 0.717) is 11.6 Å². The average Bonchev–Trinajstić information content (AvgIpc) is 2.72. The summed E-state index contributed by atoms with van der Waals surface area (Å²) in [5.41, 5.74) is 2.99. The number of hydrogen-bond donors (Lipinski definition) is 1. The highest BCUT2D eigenvalue weighted by atomic mass is 35.5. The summed E-state index contributed by atoms with van der Waals surface area (Å²) in [5.74, 6) is 0.103. The van der Waals surface area contributed by atoms with Gasteiger partial charge in [0.25, 0.3) is 0 Å². The van der Waals surface area contributed by atoms with Gasteiger partial charge in [-0.2, -0.15) is 0 Å². The number of fused-ring (bicyclic) bond motifs is 1. The van der Waals surface area contributed by atoms with Gasteiger partial charge in [-0.1, -0.05) is 48.9 Å². The number of pyridine rings is 1. The molecule has 1 aromatic heterocycles. The van der Waals surface area contributed by atoms with Crippen molar-refractivity contribution in [3.8, 4) is 0 Å². The number of hydrogen-bond acceptors (Lipinski definition) is 3. The molecule has 28 heavy (non-hydrogen) atoms. The number of amides is 1. The molecule has 2 aromatic carbocycles. The predicted octanol–water partition coefficient (Wildman–Crippen LogP) is 5.34. The van der Waals surface area contributed by atoms with E-state index in [2.05, 4.69) is 17.2 Å². The Hall–Kier alpha value is -2.59. The van der Waals surface area contributed by atoms with Crippen LogP contribution in [0.3, 0.4) is 0 Å². The highest BCUT2D eigenvalue weighted by Crippen LogP contribution is 2.24. The molecule has 4 nitrogen and oxygen atoms in total. The summed E-state index contributed by atoms with van der Waals surface area (Å²) in [6.45, 7) is 3.55. The summed E-state index contributed by atoms with van der Waals surface area (Å²) in [5, 5.41) is 5.18. The summed E-state index contributed by atoms with van der Waals surface area (Å²) in [6.07, 6.45) is 3.45. The molecule has 1 heterocycles. The van der Waals surface area contributed by atoms with Crippen LogP contribution in [0.4, 0.5) is 5.69 Å². The standard InChI is InChI=1S/C23H26ClN3O/c1-3-19(17-8-5-4-6-9-17)23(28)27(2)15-7-13-25-21-12-14-26-22-16-18(24)10-11-20(21)22/h4-6,8-12,14,16,19H,3,7,13,15H2,1-2H3,(H,25,26). The molecule has 0 radical (unpaired) electrons. The lowest BCUT2D eigenvalue weighted by Gasteiger charge is -2.23. The number of halogens is 1. The Labute approximate surface area is 171 Å². The van der Waals surface area contributed by atoms with E-state index in [4.69, 9.17) is 11.6 Å². The van der Waals surface area contributed by atoms with Gasteiger partial charge >= 0.3 is 0 Å². The van der Waals surface area contributed by atoms with Crippen LogP contribution in [0.25, 0.3) is 10.9 Å². The number of likely N-dealkylation sites (N-methyl/N-ethyl adjacent to an activating group) is 1. The van der Waals surface area contributed by atoms with Crippen LogP contribution in [0, 0.1) is 0 Å². The first kappa shape index (κ1) is 20.2. The molecule has 0 aliphatic carbocycles. The molecule has 0 bridgehead atoms. The molecule has 146 valence electrons. The number of aromatic nitrogens is 1. The van der Waals surface area contributed by atoms with Crippen LogP contribution in [-0.2, 0) is 4.79 Å². The van der Waals surface area contributed by atoms with Crippen LogP contribution in [0.1, 0.15) is 31.2 Å². The third kappa shape index (κ3) is 4.82. The van der Waals surface area contributed by atoms with Gasteiger partial charge in [0.15, 0.2) is 0 Å². The van der Waals surface area contributed by atoms with Gasteiger partial charge in [0.2, 0.25) is 5.91 Å². The minimum atomic E-state index is -0.0759. The normalized spacial score (nSPS) is 12.0. The zero-order chi connectivity index (χ0) is 19.9. The Kier molecular flexibility index (Phi) is 6.88. The fourth-order valence-electron chi connectivity index (χ4n) is 3.43. The molecule has 1 unspecified atom stereocenters. The van der Waals surface area contributed by atoms with E-state index >= 15 is 0 Å². The van der Waals surface area contributed by atoms with Crippen molar-refractivity contribution in [3.63, 3.8) is 0 Å². The summed E-state index contributed by atoms with van der Waals surface area (Å²) < 4.78 is 0. The van der Waals surface area contributed by atoms with E-state index in [1.165, 1.54) is 0 Å². The Balaban J connectivity index is 1.54. The van der Waals surface area contributed by atoms with Crippen LogP contribution >= 0.6 is 11.6 Å². The van der Waals surface area contributed by atoms with Gasteiger partial charge in [-0.3, -0.25) is 9.78 Å². The van der Waals surface area contributed by atoms with Gasteiger partial charge in [0, 0.05) is 42.4 Å². The van der Waals surface area contributed by atoms with Crippen molar-refractivity contribution in [3.05, 3.63) is 71.4 Å². The van der Waals surface area contributed by atoms with Gasteiger partial charge in [0.1, 0.15) is 0 Å². The molecular formula is C23H26ClN3O. The summed E-state index contributed by atoms with van der Waals surface area (Å²) in [7, 11) is 1.89. The largest absolute Gasteiger partial charge is 0.384 e. The molecule has 0 aliphatic rings. The number of nitrogens with zero attached hydrogens (tertiary/aromatic N) is 2. The second-order valence-electron chi connectivity index (χ2n) is 6.93. The van der Waals surface area contributed by atoms with Crippen LogP contribution in [0.2, 0.25) is 5.02 Å². The Morgan fingerprint density at radius 2 is 1.96 bits per heavy atom. The van der Waals surface area contributed by atoms with E-state index in [9.17, 15) is 4.79 Å². The Morgan fingerprint density at radius 3 is 2.71 bits per heavy atom. The van der Waals surface area contributed by atoms with Crippen LogP contribution < -0.4 is 5.32 Å². The van der Waals surface area contributed by atoms with Crippen molar-refractivity contribution in [2.75, 3.05) is 25.5 Å². The number of anilines is 1. The van der Waals surface area contributed by atoms with Gasteiger partial charge in [-0.25, -0.2) is 0 Å². The topological polar surface area (TPSA) is 45.2 Å². The predicted molar refractivity (Wildman–Crippen MR) is 117 cm³/mol. The van der Waals surface area contributed by atoms with Crippen LogP contribution in [0.5, 0.6) is 0 Å². The second-order valence-corrected chi connectivity index (χ2v) is 7.37. The number of nitrogens with one attached hydrogen (secondary N) is 1. The van der Waals surface area contributed by atoms with E-state index in [1.807, 2.05) is 66.5 Å². The number of carbonyl (C=O) groups excluding carboxylic acids is 1. The molecule has 0 spiro atoms. The molecule has 0 fully saturated rings. The van der Waals surface area contributed by atoms with Crippen molar-refractivity contribution in [2.24, 2.45) is 0 Å². The fourth-order valence-corrected chi connectivity index (χ4v) is 3.60. The minimum absolute atomic E-state index is 0.0759. The van der Waals surface area contributed by atoms with Gasteiger partial charge in [-0.15, -0.1) is 0 Å². The molecule has 1 atom stereocenters. The van der Waals surface area contributed by atoms with Gasteiger partial charge in [0.05, 0.1) is 11.4 Å². The molecule has 1 amide bonds. The fraction of sp³-hybridized carbons (Fsp3) is 0.304. The smallest absolute Gasteiger partial charge is 0.229 e. The number of carbonyl (C=O) groups is 1. The molecule has 1 N–H and O–H groups in total. The SMILES string of the molecule is CCC(C(=O)N(C)CCCNc1ccnc2cc(Cl)ccc12)c1ccccc1. The van der Waals surface area contributed by atoms with Crippen LogP contribution in [-0.4, -0.2) is 35.9 Å². The molecule has 3 aromatic rings. The molecule has 0 saturated carbocycles. The quantitative estimate of drug-likeness (QED) is 0.523. The monoisotopic (exact) mass is 395 g/mol. The molecule has 0 aliphatic heterocycles. The second kappa shape index (κ2) is 9.56. The first-order valence-corrected chi connectivity index (χ1v) is 10.1. The summed E-state index contributed by atoms with van der Waals surface area (Å²) in [4.78, 5) is 19.0. The number of benzene rings is 2. The molecule has 5 heteroatoms. The highest BCUT2D eigenvalue weighted by Gasteiger charge is 2.21. The third-order valence-corrected chi connectivity index (χ3v) is 5.21. The lowest BCUT2D eigenvalue weighted by Crippen LogP contribution is -2.33. The molecule has 3 rings (SSSR count). The van der Waals surface area contributed by atoms with E-state index in [0.717, 1.165) is 41.5 Å². The van der Waals surface area contributed by atoms with Crippen molar-refractivity contribution < 1.29 is 4.79 Å². The van der Waals surface area contributed by atoms with E-state index in [1.54, 1.807) is 6.20 Å². The van der Waals surface area contributed by atoms with Crippen molar-refractivity contribution in [2.45, 2.75) is 25.7 Å². The first-order valence-electron chi connectivity index (χ1n) is 9.68. The van der Waals surface area contributed by atoms with Crippen molar-refractivity contribution in [1.82, 2.24) is 9.88 Å². The summed E-state index contributed by atoms with van der Waals surface area (Å²) in [6, 6.07) is 17.7.